The normalized spacial score (nSPS) is 13.9. The summed E-state index contributed by atoms with van der Waals surface area (Å²) in [6, 6.07) is 5.73. The smallest absolute Gasteiger partial charge is 0.435 e. The summed E-state index contributed by atoms with van der Waals surface area (Å²) in [4.78, 5) is 19.3. The molecule has 19 heavy (non-hydrogen) atoms. The Morgan fingerprint density at radius 2 is 2.32 bits per heavy atom. The standard InChI is InChI=1S/C13H17N3O3/c1-15(2)13(17)19-14-9-10-4-5-11-12(8-10)18-7-6-16(11)3/h4-5,8-9H,6-7H2,1-3H3. The number of benzene rings is 1. The van der Waals surface area contributed by atoms with E-state index in [9.17, 15) is 4.79 Å². The molecular weight excluding hydrogens is 246 g/mol. The number of rotatable bonds is 2. The van der Waals surface area contributed by atoms with Crippen LogP contribution in [0.4, 0.5) is 10.5 Å². The van der Waals surface area contributed by atoms with E-state index in [1.165, 1.54) is 11.1 Å². The minimum absolute atomic E-state index is 0.509. The number of oxime groups is 1. The molecule has 6 nitrogen and oxygen atoms in total. The Labute approximate surface area is 112 Å². The minimum atomic E-state index is -0.509. The van der Waals surface area contributed by atoms with Crippen LogP contribution in [0.3, 0.4) is 0 Å². The molecule has 1 amide bonds. The number of fused-ring (bicyclic) bond motifs is 1. The maximum absolute atomic E-state index is 11.2. The monoisotopic (exact) mass is 263 g/mol. The molecule has 0 unspecified atom stereocenters. The van der Waals surface area contributed by atoms with Crippen molar-refractivity contribution in [1.82, 2.24) is 4.90 Å². The highest BCUT2D eigenvalue weighted by atomic mass is 16.7. The highest BCUT2D eigenvalue weighted by Gasteiger charge is 2.14. The van der Waals surface area contributed by atoms with E-state index in [1.54, 1.807) is 14.1 Å². The maximum Gasteiger partial charge on any atom is 0.435 e. The second-order valence-corrected chi connectivity index (χ2v) is 4.48. The molecule has 2 rings (SSSR count). The Balaban J connectivity index is 2.06. The molecule has 0 aromatic heterocycles. The van der Waals surface area contributed by atoms with E-state index < -0.39 is 6.09 Å². The number of hydrogen-bond donors (Lipinski definition) is 0. The molecule has 0 fully saturated rings. The fourth-order valence-electron chi connectivity index (χ4n) is 1.67. The van der Waals surface area contributed by atoms with Gasteiger partial charge < -0.3 is 14.5 Å². The number of likely N-dealkylation sites (N-methyl/N-ethyl adjacent to an activating group) is 1. The van der Waals surface area contributed by atoms with E-state index in [0.717, 1.165) is 23.5 Å². The van der Waals surface area contributed by atoms with Crippen molar-refractivity contribution in [3.63, 3.8) is 0 Å². The van der Waals surface area contributed by atoms with E-state index >= 15 is 0 Å². The molecule has 1 aliphatic rings. The van der Waals surface area contributed by atoms with Gasteiger partial charge in [0.05, 0.1) is 18.4 Å². The third-order valence-electron chi connectivity index (χ3n) is 2.78. The fourth-order valence-corrected chi connectivity index (χ4v) is 1.67. The number of hydrogen-bond acceptors (Lipinski definition) is 5. The summed E-state index contributed by atoms with van der Waals surface area (Å²) in [7, 11) is 5.22. The van der Waals surface area contributed by atoms with Gasteiger partial charge in [-0.25, -0.2) is 4.79 Å². The Kier molecular flexibility index (Phi) is 3.89. The summed E-state index contributed by atoms with van der Waals surface area (Å²) in [5, 5.41) is 3.65. The van der Waals surface area contributed by atoms with E-state index in [1.807, 2.05) is 25.2 Å². The van der Waals surface area contributed by atoms with E-state index in [-0.39, 0.29) is 0 Å². The third kappa shape index (κ3) is 3.15. The van der Waals surface area contributed by atoms with Crippen LogP contribution in [0.5, 0.6) is 5.75 Å². The van der Waals surface area contributed by atoms with Crippen molar-refractivity contribution < 1.29 is 14.4 Å². The first-order chi connectivity index (χ1) is 9.08. The number of nitrogens with zero attached hydrogens (tertiary/aromatic N) is 3. The molecule has 1 heterocycles. The zero-order chi connectivity index (χ0) is 13.8. The van der Waals surface area contributed by atoms with E-state index in [2.05, 4.69) is 14.9 Å². The first kappa shape index (κ1) is 13.2. The molecule has 0 aliphatic carbocycles. The Bertz CT molecular complexity index is 500. The molecule has 0 bridgehead atoms. The lowest BCUT2D eigenvalue weighted by Crippen LogP contribution is -2.28. The topological polar surface area (TPSA) is 54.4 Å². The first-order valence-corrected chi connectivity index (χ1v) is 5.97. The van der Waals surface area contributed by atoms with Gasteiger partial charge >= 0.3 is 6.09 Å². The van der Waals surface area contributed by atoms with Crippen molar-refractivity contribution in [2.24, 2.45) is 5.16 Å². The molecule has 0 N–H and O–H groups in total. The van der Waals surface area contributed by atoms with E-state index in [0.29, 0.717) is 6.61 Å². The zero-order valence-electron chi connectivity index (χ0n) is 11.3. The number of carbonyl (C=O) groups is 1. The van der Waals surface area contributed by atoms with Gasteiger partial charge in [0.25, 0.3) is 0 Å². The quantitative estimate of drug-likeness (QED) is 0.461. The molecule has 6 heteroatoms. The molecular formula is C13H17N3O3. The van der Waals surface area contributed by atoms with Crippen molar-refractivity contribution in [3.05, 3.63) is 23.8 Å². The Hall–Kier alpha value is -2.24. The van der Waals surface area contributed by atoms with Gasteiger partial charge in [0.1, 0.15) is 12.4 Å². The fraction of sp³-hybridized carbons (Fsp3) is 0.385. The number of ether oxygens (including phenoxy) is 1. The SMILES string of the molecule is CN(C)C(=O)ON=Cc1ccc2c(c1)OCCN2C. The lowest BCUT2D eigenvalue weighted by Gasteiger charge is -2.27. The van der Waals surface area contributed by atoms with Crippen LogP contribution in [0.2, 0.25) is 0 Å². The summed E-state index contributed by atoms with van der Waals surface area (Å²) in [6.07, 6.45) is 0.977. The van der Waals surface area contributed by atoms with Gasteiger partial charge in [0, 0.05) is 21.1 Å². The molecule has 0 saturated carbocycles. The van der Waals surface area contributed by atoms with Crippen LogP contribution in [-0.4, -0.2) is 51.5 Å². The van der Waals surface area contributed by atoms with E-state index in [4.69, 9.17) is 4.74 Å². The summed E-state index contributed by atoms with van der Waals surface area (Å²) in [5.74, 6) is 0.816. The van der Waals surface area contributed by atoms with Crippen LogP contribution in [0.15, 0.2) is 23.4 Å². The average Bonchev–Trinajstić information content (AvgIpc) is 2.38. The largest absolute Gasteiger partial charge is 0.490 e. The third-order valence-corrected chi connectivity index (χ3v) is 2.78. The lowest BCUT2D eigenvalue weighted by atomic mass is 10.1. The Morgan fingerprint density at radius 1 is 1.53 bits per heavy atom. The van der Waals surface area contributed by atoms with Crippen LogP contribution >= 0.6 is 0 Å². The second-order valence-electron chi connectivity index (χ2n) is 4.48. The van der Waals surface area contributed by atoms with Gasteiger partial charge in [-0.2, -0.15) is 0 Å². The Morgan fingerprint density at radius 3 is 3.05 bits per heavy atom. The molecule has 0 saturated heterocycles. The first-order valence-electron chi connectivity index (χ1n) is 5.97. The van der Waals surface area contributed by atoms with Gasteiger partial charge in [0.15, 0.2) is 0 Å². The van der Waals surface area contributed by atoms with Crippen LogP contribution in [0.25, 0.3) is 0 Å². The number of carbonyl (C=O) groups excluding carboxylic acids is 1. The number of anilines is 1. The van der Waals surface area contributed by atoms with Crippen molar-refractivity contribution in [3.8, 4) is 5.75 Å². The van der Waals surface area contributed by atoms with Crippen LogP contribution in [-0.2, 0) is 4.84 Å². The summed E-state index contributed by atoms with van der Waals surface area (Å²) < 4.78 is 5.58. The second kappa shape index (κ2) is 5.60. The van der Waals surface area contributed by atoms with Crippen molar-refractivity contribution in [1.29, 1.82) is 0 Å². The predicted molar refractivity (Wildman–Crippen MR) is 73.0 cm³/mol. The number of amides is 1. The van der Waals surface area contributed by atoms with Crippen molar-refractivity contribution >= 4 is 18.0 Å². The molecule has 0 atom stereocenters. The molecule has 1 aliphatic heterocycles. The molecule has 102 valence electrons. The summed E-state index contributed by atoms with van der Waals surface area (Å²) in [6.45, 7) is 1.54. The maximum atomic E-state index is 11.2. The molecule has 1 aromatic carbocycles. The highest BCUT2D eigenvalue weighted by molar-refractivity contribution is 5.82. The van der Waals surface area contributed by atoms with Gasteiger partial charge in [0.2, 0.25) is 0 Å². The van der Waals surface area contributed by atoms with Gasteiger partial charge in [-0.05, 0) is 17.7 Å². The predicted octanol–water partition coefficient (Wildman–Crippen LogP) is 1.55. The van der Waals surface area contributed by atoms with Crippen molar-refractivity contribution in [2.75, 3.05) is 39.2 Å². The lowest BCUT2D eigenvalue weighted by molar-refractivity contribution is 0.123. The van der Waals surface area contributed by atoms with Crippen LogP contribution < -0.4 is 9.64 Å². The van der Waals surface area contributed by atoms with Crippen molar-refractivity contribution in [2.45, 2.75) is 0 Å². The highest BCUT2D eigenvalue weighted by Crippen LogP contribution is 2.30. The van der Waals surface area contributed by atoms with Gasteiger partial charge in [-0.15, -0.1) is 0 Å². The van der Waals surface area contributed by atoms with Gasteiger partial charge in [-0.3, -0.25) is 4.84 Å². The molecule has 0 spiro atoms. The molecule has 1 aromatic rings. The summed E-state index contributed by atoms with van der Waals surface area (Å²) in [5.41, 5.74) is 1.87. The zero-order valence-corrected chi connectivity index (χ0v) is 11.3. The summed E-state index contributed by atoms with van der Waals surface area (Å²) >= 11 is 0. The van der Waals surface area contributed by atoms with Crippen LogP contribution in [0, 0.1) is 0 Å². The average molecular weight is 263 g/mol. The van der Waals surface area contributed by atoms with Gasteiger partial charge in [-0.1, -0.05) is 11.2 Å². The van der Waals surface area contributed by atoms with Crippen LogP contribution in [0.1, 0.15) is 5.56 Å². The minimum Gasteiger partial charge on any atom is -0.490 e. The molecule has 0 radical (unpaired) electrons.